The van der Waals surface area contributed by atoms with Gasteiger partial charge in [-0.15, -0.1) is 0 Å². The van der Waals surface area contributed by atoms with Gasteiger partial charge in [0.25, 0.3) is 0 Å². The minimum atomic E-state index is -0.632. The zero-order valence-electron chi connectivity index (χ0n) is 15.3. The van der Waals surface area contributed by atoms with Crippen LogP contribution in [0.5, 0.6) is 0 Å². The first-order valence-electron chi connectivity index (χ1n) is 8.33. The van der Waals surface area contributed by atoms with Gasteiger partial charge in [-0.3, -0.25) is 0 Å². The third-order valence-electron chi connectivity index (χ3n) is 4.89. The summed E-state index contributed by atoms with van der Waals surface area (Å²) in [6.07, 6.45) is 0.833. The minimum absolute atomic E-state index is 0.00632. The number of nitrogen functional groups attached to an aromatic ring is 1. The lowest BCUT2D eigenvalue weighted by molar-refractivity contribution is 0.0141. The topological polar surface area (TPSA) is 102 Å². The first-order chi connectivity index (χ1) is 12.2. The molecule has 140 valence electrons. The quantitative estimate of drug-likeness (QED) is 0.708. The van der Waals surface area contributed by atoms with Crippen LogP contribution >= 0.6 is 11.6 Å². The highest BCUT2D eigenvalue weighted by atomic mass is 35.5. The molecule has 7 nitrogen and oxygen atoms in total. The maximum atomic E-state index is 11.9. The Hall–Kier alpha value is -2.09. The van der Waals surface area contributed by atoms with Gasteiger partial charge >= 0.3 is 5.97 Å². The number of ether oxygens (including phenoxy) is 1. The number of carbonyl (C=O) groups excluding carboxylic acids is 1. The van der Waals surface area contributed by atoms with Crippen LogP contribution in [0.4, 0.5) is 5.69 Å². The molecule has 3 heterocycles. The highest BCUT2D eigenvalue weighted by molar-refractivity contribution is 6.35. The Morgan fingerprint density at radius 2 is 2.15 bits per heavy atom. The van der Waals surface area contributed by atoms with E-state index in [0.717, 1.165) is 17.8 Å². The molecule has 2 aromatic heterocycles. The van der Waals surface area contributed by atoms with E-state index >= 15 is 0 Å². The van der Waals surface area contributed by atoms with Crippen LogP contribution in [0.15, 0.2) is 18.2 Å². The smallest absolute Gasteiger partial charge is 0.358 e. The number of aromatic amines is 1. The summed E-state index contributed by atoms with van der Waals surface area (Å²) in [5.74, 6) is -0.632. The van der Waals surface area contributed by atoms with E-state index in [4.69, 9.17) is 26.9 Å². The van der Waals surface area contributed by atoms with Crippen LogP contribution in [0.1, 0.15) is 43.4 Å². The lowest BCUT2D eigenvalue weighted by Crippen LogP contribution is -2.47. The van der Waals surface area contributed by atoms with E-state index in [9.17, 15) is 4.79 Å². The highest BCUT2D eigenvalue weighted by Gasteiger charge is 2.47. The van der Waals surface area contributed by atoms with Crippen molar-refractivity contribution in [3.8, 4) is 11.4 Å². The number of esters is 1. The molecule has 0 amide bonds. The number of hydrogen-bond donors (Lipinski definition) is 3. The predicted molar refractivity (Wildman–Crippen MR) is 99.6 cm³/mol. The van der Waals surface area contributed by atoms with Crippen LogP contribution < -0.4 is 11.2 Å². The molecular formula is C18H23ClN4O3. The Kier molecular flexibility index (Phi) is 4.72. The molecule has 1 unspecified atom stereocenters. The van der Waals surface area contributed by atoms with E-state index in [1.807, 2.05) is 12.1 Å². The van der Waals surface area contributed by atoms with Gasteiger partial charge in [0.15, 0.2) is 5.69 Å². The van der Waals surface area contributed by atoms with Crippen molar-refractivity contribution in [1.82, 2.24) is 15.4 Å². The van der Waals surface area contributed by atoms with Gasteiger partial charge < -0.3 is 20.3 Å². The van der Waals surface area contributed by atoms with Crippen LogP contribution in [0.2, 0.25) is 5.02 Å². The second-order valence-electron chi connectivity index (χ2n) is 7.39. The zero-order valence-corrected chi connectivity index (χ0v) is 16.0. The molecule has 2 aromatic rings. The summed E-state index contributed by atoms with van der Waals surface area (Å²) in [6, 6.07) is 5.53. The number of halogens is 1. The van der Waals surface area contributed by atoms with Crippen LogP contribution in [-0.2, 0) is 15.1 Å². The molecule has 1 aliphatic heterocycles. The number of nitrogens with one attached hydrogen (secondary N) is 2. The molecule has 0 bridgehead atoms. The van der Waals surface area contributed by atoms with Crippen molar-refractivity contribution in [2.75, 3.05) is 19.5 Å². The number of H-pyrrole nitrogens is 1. The van der Waals surface area contributed by atoms with E-state index < -0.39 is 5.97 Å². The van der Waals surface area contributed by atoms with Gasteiger partial charge in [-0.1, -0.05) is 32.4 Å². The van der Waals surface area contributed by atoms with Crippen LogP contribution in [0.3, 0.4) is 0 Å². The maximum absolute atomic E-state index is 11.9. The van der Waals surface area contributed by atoms with E-state index in [1.54, 1.807) is 6.07 Å². The summed E-state index contributed by atoms with van der Waals surface area (Å²) in [6.45, 7) is 7.10. The average molecular weight is 379 g/mol. The molecule has 1 fully saturated rings. The first-order valence-corrected chi connectivity index (χ1v) is 8.70. The van der Waals surface area contributed by atoms with E-state index in [1.165, 1.54) is 7.11 Å². The number of carbonyl (C=O) groups is 1. The number of hydrogen-bond acceptors (Lipinski definition) is 6. The number of pyridine rings is 1. The molecule has 0 spiro atoms. The van der Waals surface area contributed by atoms with Gasteiger partial charge in [0, 0.05) is 5.69 Å². The van der Waals surface area contributed by atoms with E-state index in [0.29, 0.717) is 12.3 Å². The SMILES string of the molecule is COC(=O)c1nc(-c2ccc(C3(C(C)(C)C)CCON3)[nH]2)cc(N)c1Cl. The van der Waals surface area contributed by atoms with Crippen molar-refractivity contribution >= 4 is 23.3 Å². The minimum Gasteiger partial charge on any atom is -0.464 e. The van der Waals surface area contributed by atoms with Crippen molar-refractivity contribution in [1.29, 1.82) is 0 Å². The average Bonchev–Trinajstić information content (AvgIpc) is 3.25. The summed E-state index contributed by atoms with van der Waals surface area (Å²) >= 11 is 6.09. The monoisotopic (exact) mass is 378 g/mol. The molecule has 26 heavy (non-hydrogen) atoms. The fourth-order valence-corrected chi connectivity index (χ4v) is 3.44. The van der Waals surface area contributed by atoms with Gasteiger partial charge in [-0.25, -0.2) is 9.78 Å². The van der Waals surface area contributed by atoms with Gasteiger partial charge in [-0.05, 0) is 30.0 Å². The molecule has 0 radical (unpaired) electrons. The summed E-state index contributed by atoms with van der Waals surface area (Å²) < 4.78 is 4.73. The van der Waals surface area contributed by atoms with Crippen molar-refractivity contribution in [3.05, 3.63) is 34.6 Å². The summed E-state index contributed by atoms with van der Waals surface area (Å²) in [5, 5.41) is 0.0874. The van der Waals surface area contributed by atoms with Gasteiger partial charge in [0.1, 0.15) is 0 Å². The molecule has 4 N–H and O–H groups in total. The molecule has 0 aliphatic carbocycles. The first kappa shape index (κ1) is 18.7. The number of nitrogens with zero attached hydrogens (tertiary/aromatic N) is 1. The Labute approximate surface area is 157 Å². The molecular weight excluding hydrogens is 356 g/mol. The molecule has 0 saturated carbocycles. The van der Waals surface area contributed by atoms with Gasteiger partial charge in [-0.2, -0.15) is 5.48 Å². The van der Waals surface area contributed by atoms with Crippen molar-refractivity contribution < 1.29 is 14.4 Å². The maximum Gasteiger partial charge on any atom is 0.358 e. The molecule has 8 heteroatoms. The summed E-state index contributed by atoms with van der Waals surface area (Å²) in [7, 11) is 1.27. The van der Waals surface area contributed by atoms with Gasteiger partial charge in [0.05, 0.1) is 41.4 Å². The van der Waals surface area contributed by atoms with E-state index in [2.05, 4.69) is 36.2 Å². The van der Waals surface area contributed by atoms with Gasteiger partial charge in [0.2, 0.25) is 0 Å². The number of anilines is 1. The zero-order chi connectivity index (χ0) is 19.1. The number of hydroxylamine groups is 1. The summed E-state index contributed by atoms with van der Waals surface area (Å²) in [5.41, 5.74) is 11.2. The highest BCUT2D eigenvalue weighted by Crippen LogP contribution is 2.44. The fourth-order valence-electron chi connectivity index (χ4n) is 3.26. The van der Waals surface area contributed by atoms with Crippen LogP contribution in [0, 0.1) is 5.41 Å². The van der Waals surface area contributed by atoms with Crippen molar-refractivity contribution in [2.45, 2.75) is 32.7 Å². The molecule has 1 aliphatic rings. The number of nitrogens with two attached hydrogens (primary N) is 1. The lowest BCUT2D eigenvalue weighted by atomic mass is 9.70. The fraction of sp³-hybridized carbons (Fsp3) is 0.444. The van der Waals surface area contributed by atoms with Crippen LogP contribution in [-0.4, -0.2) is 29.7 Å². The lowest BCUT2D eigenvalue weighted by Gasteiger charge is -2.40. The Balaban J connectivity index is 2.06. The Morgan fingerprint density at radius 3 is 2.73 bits per heavy atom. The standard InChI is InChI=1S/C18H23ClN4O3/c1-17(2,3)18(7-8-26-23-18)13-6-5-11(21-13)12-9-10(20)14(19)15(22-12)16(24)25-4/h5-6,9,21,23H,7-8H2,1-4H3,(H2,20,22). The molecule has 1 saturated heterocycles. The largest absolute Gasteiger partial charge is 0.464 e. The molecule has 0 aromatic carbocycles. The third-order valence-corrected chi connectivity index (χ3v) is 5.29. The molecule has 1 atom stereocenters. The third kappa shape index (κ3) is 2.96. The second kappa shape index (κ2) is 6.57. The van der Waals surface area contributed by atoms with Crippen LogP contribution in [0.25, 0.3) is 11.4 Å². The molecule has 3 rings (SSSR count). The summed E-state index contributed by atoms with van der Waals surface area (Å²) in [4.78, 5) is 25.1. The van der Waals surface area contributed by atoms with E-state index in [-0.39, 0.29) is 27.4 Å². The number of aromatic nitrogens is 2. The predicted octanol–water partition coefficient (Wildman–Crippen LogP) is 3.27. The van der Waals surface area contributed by atoms with Crippen molar-refractivity contribution in [3.63, 3.8) is 0 Å². The van der Waals surface area contributed by atoms with Crippen molar-refractivity contribution in [2.24, 2.45) is 5.41 Å². The second-order valence-corrected chi connectivity index (χ2v) is 7.77. The normalized spacial score (nSPS) is 20.3. The number of methoxy groups -OCH3 is 1. The Bertz CT molecular complexity index is 835. The number of rotatable bonds is 3. The Morgan fingerprint density at radius 1 is 1.42 bits per heavy atom.